The molecule has 7 nitrogen and oxygen atoms in total. The van der Waals surface area contributed by atoms with Gasteiger partial charge in [-0.1, -0.05) is 0 Å². The van der Waals surface area contributed by atoms with Crippen molar-refractivity contribution < 1.29 is 23.1 Å². The number of fused-ring (bicyclic) bond motifs is 1. The van der Waals surface area contributed by atoms with Crippen LogP contribution in [0.5, 0.6) is 0 Å². The van der Waals surface area contributed by atoms with Crippen molar-refractivity contribution in [1.82, 2.24) is 9.13 Å². The van der Waals surface area contributed by atoms with E-state index in [0.717, 1.165) is 16.7 Å². The summed E-state index contributed by atoms with van der Waals surface area (Å²) in [5, 5.41) is 10.5. The maximum Gasteiger partial charge on any atom is 0.409 e. The van der Waals surface area contributed by atoms with Crippen LogP contribution in [0.25, 0.3) is 10.9 Å². The Morgan fingerprint density at radius 1 is 1.38 bits per heavy atom. The third kappa shape index (κ3) is 2.95. The second-order valence-corrected chi connectivity index (χ2v) is 6.60. The number of carboxylic acid groups (broad SMARTS) is 1. The minimum absolute atomic E-state index is 0.0257. The van der Waals surface area contributed by atoms with Crippen molar-refractivity contribution >= 4 is 22.7 Å². The SMILES string of the molecule is CC(C)n1c(=O)n(CC2CC2(F)F)c(=O)c2cc(NC(=O)O)c(F)cc21. The third-order valence-electron chi connectivity index (χ3n) is 4.37. The number of nitrogens with one attached hydrogen (secondary N) is 1. The first-order chi connectivity index (χ1) is 12.0. The van der Waals surface area contributed by atoms with E-state index in [-0.39, 0.29) is 10.9 Å². The van der Waals surface area contributed by atoms with Crippen LogP contribution in [-0.2, 0) is 6.54 Å². The van der Waals surface area contributed by atoms with E-state index in [1.165, 1.54) is 0 Å². The summed E-state index contributed by atoms with van der Waals surface area (Å²) in [6.07, 6.45) is -1.94. The molecule has 1 aromatic heterocycles. The van der Waals surface area contributed by atoms with Gasteiger partial charge < -0.3 is 5.11 Å². The first-order valence-corrected chi connectivity index (χ1v) is 7.89. The molecule has 1 aromatic carbocycles. The van der Waals surface area contributed by atoms with Gasteiger partial charge >= 0.3 is 11.8 Å². The molecule has 0 radical (unpaired) electrons. The van der Waals surface area contributed by atoms with Crippen LogP contribution in [0.3, 0.4) is 0 Å². The van der Waals surface area contributed by atoms with E-state index in [1.54, 1.807) is 13.8 Å². The minimum atomic E-state index is -2.91. The average Bonchev–Trinajstić information content (AvgIpc) is 3.11. The molecule has 1 aliphatic carbocycles. The Morgan fingerprint density at radius 2 is 2.00 bits per heavy atom. The van der Waals surface area contributed by atoms with Crippen LogP contribution in [0.2, 0.25) is 0 Å². The number of benzene rings is 1. The fourth-order valence-electron chi connectivity index (χ4n) is 2.96. The Kier molecular flexibility index (Phi) is 4.08. The van der Waals surface area contributed by atoms with Gasteiger partial charge in [-0.2, -0.15) is 0 Å². The predicted molar refractivity (Wildman–Crippen MR) is 87.5 cm³/mol. The summed E-state index contributed by atoms with van der Waals surface area (Å²) in [6.45, 7) is 2.80. The normalized spacial score (nSPS) is 18.3. The number of anilines is 1. The van der Waals surface area contributed by atoms with Crippen molar-refractivity contribution in [3.63, 3.8) is 0 Å². The van der Waals surface area contributed by atoms with Gasteiger partial charge in [0.05, 0.1) is 16.6 Å². The topological polar surface area (TPSA) is 93.3 Å². The molecule has 0 aliphatic heterocycles. The molecule has 1 amide bonds. The summed E-state index contributed by atoms with van der Waals surface area (Å²) < 4.78 is 42.5. The van der Waals surface area contributed by atoms with E-state index in [1.807, 2.05) is 5.32 Å². The Hall–Kier alpha value is -2.78. The molecular weight excluding hydrogens is 355 g/mol. The van der Waals surface area contributed by atoms with Crippen molar-refractivity contribution in [2.24, 2.45) is 5.92 Å². The number of hydrogen-bond donors (Lipinski definition) is 2. The van der Waals surface area contributed by atoms with E-state index >= 15 is 0 Å². The summed E-state index contributed by atoms with van der Waals surface area (Å²) in [6, 6.07) is 1.38. The molecule has 0 saturated heterocycles. The highest BCUT2D eigenvalue weighted by atomic mass is 19.3. The molecule has 10 heteroatoms. The lowest BCUT2D eigenvalue weighted by Crippen LogP contribution is -2.41. The van der Waals surface area contributed by atoms with Crippen molar-refractivity contribution in [2.75, 3.05) is 5.32 Å². The van der Waals surface area contributed by atoms with Crippen molar-refractivity contribution in [1.29, 1.82) is 0 Å². The Bertz CT molecular complexity index is 1030. The molecule has 2 aromatic rings. The lowest BCUT2D eigenvalue weighted by atomic mass is 10.2. The predicted octanol–water partition coefficient (Wildman–Crippen LogP) is 2.63. The molecule has 2 N–H and O–H groups in total. The molecule has 1 unspecified atom stereocenters. The number of alkyl halides is 2. The highest BCUT2D eigenvalue weighted by molar-refractivity contribution is 5.89. The van der Waals surface area contributed by atoms with Gasteiger partial charge in [0, 0.05) is 31.0 Å². The number of amides is 1. The van der Waals surface area contributed by atoms with Gasteiger partial charge in [-0.15, -0.1) is 0 Å². The molecule has 1 heterocycles. The van der Waals surface area contributed by atoms with Gasteiger partial charge in [-0.25, -0.2) is 22.8 Å². The molecule has 1 aliphatic rings. The van der Waals surface area contributed by atoms with Crippen LogP contribution in [0, 0.1) is 11.7 Å². The van der Waals surface area contributed by atoms with E-state index < -0.39 is 59.7 Å². The zero-order valence-corrected chi connectivity index (χ0v) is 13.9. The maximum atomic E-state index is 14.2. The molecular formula is C16H16F3N3O4. The van der Waals surface area contributed by atoms with Gasteiger partial charge in [-0.05, 0) is 19.9 Å². The second kappa shape index (κ2) is 5.89. The highest BCUT2D eigenvalue weighted by Crippen LogP contribution is 2.49. The summed E-state index contributed by atoms with van der Waals surface area (Å²) in [5.41, 5.74) is -2.15. The van der Waals surface area contributed by atoms with Gasteiger partial charge in [-0.3, -0.25) is 19.2 Å². The van der Waals surface area contributed by atoms with Gasteiger partial charge in [0.1, 0.15) is 5.82 Å². The third-order valence-corrected chi connectivity index (χ3v) is 4.37. The monoisotopic (exact) mass is 371 g/mol. The quantitative estimate of drug-likeness (QED) is 0.864. The number of rotatable bonds is 4. The van der Waals surface area contributed by atoms with Crippen LogP contribution in [-0.4, -0.2) is 26.3 Å². The van der Waals surface area contributed by atoms with E-state index in [4.69, 9.17) is 5.11 Å². The van der Waals surface area contributed by atoms with Crippen LogP contribution >= 0.6 is 0 Å². The maximum absolute atomic E-state index is 14.2. The van der Waals surface area contributed by atoms with Crippen molar-refractivity contribution in [3.05, 3.63) is 38.8 Å². The molecule has 26 heavy (non-hydrogen) atoms. The first kappa shape index (κ1) is 18.0. The van der Waals surface area contributed by atoms with Crippen LogP contribution in [0.1, 0.15) is 26.3 Å². The first-order valence-electron chi connectivity index (χ1n) is 7.89. The molecule has 1 fully saturated rings. The molecule has 1 saturated carbocycles. The number of halogens is 3. The van der Waals surface area contributed by atoms with E-state index in [0.29, 0.717) is 4.57 Å². The smallest absolute Gasteiger partial charge is 0.409 e. The largest absolute Gasteiger partial charge is 0.465 e. The van der Waals surface area contributed by atoms with Crippen LogP contribution in [0.4, 0.5) is 23.7 Å². The zero-order chi connectivity index (χ0) is 19.4. The second-order valence-electron chi connectivity index (χ2n) is 6.60. The van der Waals surface area contributed by atoms with Gasteiger partial charge in [0.15, 0.2) is 0 Å². The number of aromatic nitrogens is 2. The Labute approximate surface area is 144 Å². The van der Waals surface area contributed by atoms with E-state index in [2.05, 4.69) is 0 Å². The zero-order valence-electron chi connectivity index (χ0n) is 13.9. The summed E-state index contributed by atoms with van der Waals surface area (Å²) in [5.74, 6) is -4.98. The number of hydrogen-bond acceptors (Lipinski definition) is 3. The number of carbonyl (C=O) groups is 1. The fraction of sp³-hybridized carbons (Fsp3) is 0.438. The summed E-state index contributed by atoms with van der Waals surface area (Å²) >= 11 is 0. The fourth-order valence-corrected chi connectivity index (χ4v) is 2.96. The average molecular weight is 371 g/mol. The Balaban J connectivity index is 2.28. The molecule has 0 spiro atoms. The summed E-state index contributed by atoms with van der Waals surface area (Å²) in [4.78, 5) is 36.1. The van der Waals surface area contributed by atoms with Crippen molar-refractivity contribution in [2.45, 2.75) is 38.8 Å². The number of nitrogens with zero attached hydrogens (tertiary/aromatic N) is 2. The molecule has 140 valence electrons. The lowest BCUT2D eigenvalue weighted by Gasteiger charge is -2.17. The molecule has 0 bridgehead atoms. The van der Waals surface area contributed by atoms with Crippen LogP contribution < -0.4 is 16.6 Å². The molecule has 3 rings (SSSR count). The minimum Gasteiger partial charge on any atom is -0.465 e. The van der Waals surface area contributed by atoms with Gasteiger partial charge in [0.25, 0.3) is 11.5 Å². The standard InChI is InChI=1S/C16H16F3N3O4/c1-7(2)22-12-4-10(17)11(20-14(24)25)3-9(12)13(23)21(15(22)26)6-8-5-16(8,18)19/h3-4,7-8,20H,5-6H2,1-2H3,(H,24,25). The highest BCUT2D eigenvalue weighted by Gasteiger charge is 2.57. The molecule has 1 atom stereocenters. The lowest BCUT2D eigenvalue weighted by molar-refractivity contribution is 0.0945. The summed E-state index contributed by atoms with van der Waals surface area (Å²) in [7, 11) is 0. The van der Waals surface area contributed by atoms with E-state index in [9.17, 15) is 27.6 Å². The van der Waals surface area contributed by atoms with Gasteiger partial charge in [0.2, 0.25) is 0 Å². The van der Waals surface area contributed by atoms with Crippen LogP contribution in [0.15, 0.2) is 21.7 Å². The van der Waals surface area contributed by atoms with Crippen molar-refractivity contribution in [3.8, 4) is 0 Å². The Morgan fingerprint density at radius 3 is 2.50 bits per heavy atom.